The summed E-state index contributed by atoms with van der Waals surface area (Å²) in [5.41, 5.74) is 0.937. The predicted molar refractivity (Wildman–Crippen MR) is 66.1 cm³/mol. The van der Waals surface area contributed by atoms with Crippen LogP contribution in [0, 0.1) is 5.92 Å². The highest BCUT2D eigenvalue weighted by Gasteiger charge is 2.33. The van der Waals surface area contributed by atoms with Crippen LogP contribution in [0.25, 0.3) is 0 Å². The van der Waals surface area contributed by atoms with Crippen LogP contribution in [0.2, 0.25) is 0 Å². The highest BCUT2D eigenvalue weighted by atomic mass is 32.2. The summed E-state index contributed by atoms with van der Waals surface area (Å²) < 4.78 is 28.3. The Hall–Kier alpha value is -0.570. The average Bonchev–Trinajstić information content (AvgIpc) is 2.73. The summed E-state index contributed by atoms with van der Waals surface area (Å²) in [6.45, 7) is 4.48. The first kappa shape index (κ1) is 12.9. The molecule has 0 aromatic carbocycles. The van der Waals surface area contributed by atoms with Crippen LogP contribution in [0.15, 0.2) is 5.38 Å². The van der Waals surface area contributed by atoms with Gasteiger partial charge in [0.15, 0.2) is 0 Å². The summed E-state index contributed by atoms with van der Waals surface area (Å²) in [5.74, 6) is 0.611. The van der Waals surface area contributed by atoms with Crippen LogP contribution < -0.4 is 5.32 Å². The van der Waals surface area contributed by atoms with Crippen LogP contribution in [0.3, 0.4) is 0 Å². The number of nitrogens with one attached hydrogen (secondary N) is 1. The average molecular weight is 276 g/mol. The zero-order valence-electron chi connectivity index (χ0n) is 9.66. The maximum Gasteiger partial charge on any atom is 0.213 e. The Morgan fingerprint density at radius 1 is 1.59 bits per heavy atom. The highest BCUT2D eigenvalue weighted by molar-refractivity contribution is 7.89. The largest absolute Gasteiger partial charge is 0.311 e. The fourth-order valence-corrected chi connectivity index (χ4v) is 3.42. The van der Waals surface area contributed by atoms with E-state index < -0.39 is 10.0 Å². The molecule has 2 rings (SSSR count). The Bertz CT molecular complexity index is 440. The molecule has 1 aliphatic heterocycles. The van der Waals surface area contributed by atoms with Crippen LogP contribution in [-0.4, -0.2) is 47.7 Å². The summed E-state index contributed by atoms with van der Waals surface area (Å²) in [7, 11) is -2.98. The minimum absolute atomic E-state index is 0.192. The van der Waals surface area contributed by atoms with E-state index >= 15 is 0 Å². The Kier molecular flexibility index (Phi) is 4.08. The van der Waals surface area contributed by atoms with Gasteiger partial charge in [-0.3, -0.25) is 0 Å². The fourth-order valence-electron chi connectivity index (χ4n) is 1.73. The molecule has 8 heteroatoms. The van der Waals surface area contributed by atoms with Gasteiger partial charge >= 0.3 is 0 Å². The van der Waals surface area contributed by atoms with E-state index in [9.17, 15) is 8.42 Å². The SMILES string of the molecule is CCS(=O)(=O)N1CC(CNCc2csnn2)C1. The van der Waals surface area contributed by atoms with Crippen molar-refractivity contribution in [3.8, 4) is 0 Å². The number of aromatic nitrogens is 2. The van der Waals surface area contributed by atoms with E-state index in [1.807, 2.05) is 5.38 Å². The molecule has 1 N–H and O–H groups in total. The lowest BCUT2D eigenvalue weighted by Gasteiger charge is -2.37. The Morgan fingerprint density at radius 2 is 2.35 bits per heavy atom. The molecule has 0 unspecified atom stereocenters. The van der Waals surface area contributed by atoms with Gasteiger partial charge in [-0.1, -0.05) is 4.49 Å². The maximum absolute atomic E-state index is 11.5. The van der Waals surface area contributed by atoms with Crippen LogP contribution in [0.4, 0.5) is 0 Å². The van der Waals surface area contributed by atoms with E-state index in [4.69, 9.17) is 0 Å². The lowest BCUT2D eigenvalue weighted by atomic mass is 10.0. The minimum Gasteiger partial charge on any atom is -0.311 e. The van der Waals surface area contributed by atoms with E-state index in [1.165, 1.54) is 11.5 Å². The van der Waals surface area contributed by atoms with Crippen molar-refractivity contribution in [2.75, 3.05) is 25.4 Å². The summed E-state index contributed by atoms with van der Waals surface area (Å²) >= 11 is 1.34. The minimum atomic E-state index is -2.98. The smallest absolute Gasteiger partial charge is 0.213 e. The zero-order chi connectivity index (χ0) is 12.3. The second-order valence-electron chi connectivity index (χ2n) is 4.11. The molecule has 1 aliphatic rings. The molecular weight excluding hydrogens is 260 g/mol. The Balaban J connectivity index is 1.65. The fraction of sp³-hybridized carbons (Fsp3) is 0.778. The molecule has 0 bridgehead atoms. The molecular formula is C9H16N4O2S2. The second-order valence-corrected chi connectivity index (χ2v) is 6.98. The van der Waals surface area contributed by atoms with Gasteiger partial charge in [0.05, 0.1) is 11.4 Å². The summed E-state index contributed by atoms with van der Waals surface area (Å²) in [5, 5.41) is 9.09. The van der Waals surface area contributed by atoms with Crippen LogP contribution >= 0.6 is 11.5 Å². The summed E-state index contributed by atoms with van der Waals surface area (Å²) in [4.78, 5) is 0. The van der Waals surface area contributed by atoms with Crippen molar-refractivity contribution < 1.29 is 8.42 Å². The van der Waals surface area contributed by atoms with Gasteiger partial charge in [0, 0.05) is 31.6 Å². The Labute approximate surface area is 105 Å². The maximum atomic E-state index is 11.5. The van der Waals surface area contributed by atoms with E-state index in [0.29, 0.717) is 25.6 Å². The zero-order valence-corrected chi connectivity index (χ0v) is 11.3. The molecule has 0 atom stereocenters. The molecule has 96 valence electrons. The van der Waals surface area contributed by atoms with Gasteiger partial charge in [0.2, 0.25) is 10.0 Å². The van der Waals surface area contributed by atoms with E-state index in [1.54, 1.807) is 11.2 Å². The topological polar surface area (TPSA) is 75.2 Å². The van der Waals surface area contributed by atoms with Crippen molar-refractivity contribution in [2.24, 2.45) is 5.92 Å². The molecule has 17 heavy (non-hydrogen) atoms. The lowest BCUT2D eigenvalue weighted by molar-refractivity contribution is 0.196. The molecule has 0 amide bonds. The first-order valence-electron chi connectivity index (χ1n) is 5.56. The lowest BCUT2D eigenvalue weighted by Crippen LogP contribution is -2.53. The molecule has 1 aromatic rings. The van der Waals surface area contributed by atoms with Crippen molar-refractivity contribution in [2.45, 2.75) is 13.5 Å². The molecule has 6 nitrogen and oxygen atoms in total. The van der Waals surface area contributed by atoms with Crippen LogP contribution in [0.5, 0.6) is 0 Å². The van der Waals surface area contributed by atoms with Crippen molar-refractivity contribution in [3.05, 3.63) is 11.1 Å². The third kappa shape index (κ3) is 3.21. The molecule has 0 saturated carbocycles. The van der Waals surface area contributed by atoms with Crippen molar-refractivity contribution >= 4 is 21.6 Å². The van der Waals surface area contributed by atoms with E-state index in [-0.39, 0.29) is 5.75 Å². The number of sulfonamides is 1. The van der Waals surface area contributed by atoms with Crippen LogP contribution in [-0.2, 0) is 16.6 Å². The van der Waals surface area contributed by atoms with Crippen LogP contribution in [0.1, 0.15) is 12.6 Å². The number of nitrogens with zero attached hydrogens (tertiary/aromatic N) is 3. The van der Waals surface area contributed by atoms with Gasteiger partial charge in [-0.15, -0.1) is 5.10 Å². The van der Waals surface area contributed by atoms with Gasteiger partial charge < -0.3 is 5.32 Å². The first-order valence-corrected chi connectivity index (χ1v) is 8.01. The normalized spacial score (nSPS) is 18.2. The van der Waals surface area contributed by atoms with E-state index in [2.05, 4.69) is 14.9 Å². The van der Waals surface area contributed by atoms with E-state index in [0.717, 1.165) is 12.2 Å². The molecule has 1 aromatic heterocycles. The number of rotatable bonds is 6. The molecule has 0 aliphatic carbocycles. The number of hydrogen-bond donors (Lipinski definition) is 1. The summed E-state index contributed by atoms with van der Waals surface area (Å²) in [6.07, 6.45) is 0. The quantitative estimate of drug-likeness (QED) is 0.786. The van der Waals surface area contributed by atoms with Crippen molar-refractivity contribution in [3.63, 3.8) is 0 Å². The number of hydrogen-bond acceptors (Lipinski definition) is 6. The van der Waals surface area contributed by atoms with Gasteiger partial charge in [-0.25, -0.2) is 12.7 Å². The molecule has 1 fully saturated rings. The monoisotopic (exact) mass is 276 g/mol. The highest BCUT2D eigenvalue weighted by Crippen LogP contribution is 2.19. The van der Waals surface area contributed by atoms with Gasteiger partial charge in [-0.2, -0.15) is 0 Å². The molecule has 0 radical (unpaired) electrons. The predicted octanol–water partition coefficient (Wildman–Crippen LogP) is -0.0908. The third-order valence-corrected chi connectivity index (χ3v) is 5.19. The second kappa shape index (κ2) is 5.38. The van der Waals surface area contributed by atoms with Gasteiger partial charge in [0.1, 0.15) is 0 Å². The van der Waals surface area contributed by atoms with Gasteiger partial charge in [0.25, 0.3) is 0 Å². The van der Waals surface area contributed by atoms with Crippen molar-refractivity contribution in [1.82, 2.24) is 19.2 Å². The summed E-state index contributed by atoms with van der Waals surface area (Å²) in [6, 6.07) is 0. The molecule has 1 saturated heterocycles. The standard InChI is InChI=1S/C9H16N4O2S2/c1-2-17(14,15)13-5-8(6-13)3-10-4-9-7-16-12-11-9/h7-8,10H,2-6H2,1H3. The first-order chi connectivity index (χ1) is 8.12. The van der Waals surface area contributed by atoms with Gasteiger partial charge in [-0.05, 0) is 24.4 Å². The molecule has 2 heterocycles. The third-order valence-electron chi connectivity index (χ3n) is 2.83. The van der Waals surface area contributed by atoms with Crippen molar-refractivity contribution in [1.29, 1.82) is 0 Å². The Morgan fingerprint density at radius 3 is 2.94 bits per heavy atom. The molecule has 0 spiro atoms.